The number of hydrogen-bond donors (Lipinski definition) is 0. The first-order valence-corrected chi connectivity index (χ1v) is 11.8. The Balaban J connectivity index is 1.32. The molecule has 0 unspecified atom stereocenters. The fourth-order valence-electron chi connectivity index (χ4n) is 5.15. The summed E-state index contributed by atoms with van der Waals surface area (Å²) in [4.78, 5) is 20.1. The van der Waals surface area contributed by atoms with Crippen LogP contribution in [0, 0.1) is 19.8 Å². The number of nitrogens with zero attached hydrogens (tertiary/aromatic N) is 3. The predicted molar refractivity (Wildman–Crippen MR) is 117 cm³/mol. The van der Waals surface area contributed by atoms with Crippen molar-refractivity contribution in [3.8, 4) is 0 Å². The van der Waals surface area contributed by atoms with E-state index in [4.69, 9.17) is 14.2 Å². The summed E-state index contributed by atoms with van der Waals surface area (Å²) in [7, 11) is 0. The molecule has 6 nitrogen and oxygen atoms in total. The van der Waals surface area contributed by atoms with Crippen LogP contribution in [-0.4, -0.2) is 47.3 Å². The highest BCUT2D eigenvalue weighted by molar-refractivity contribution is 5.94. The normalized spacial score (nSPS) is 21.9. The highest BCUT2D eigenvalue weighted by Gasteiger charge is 2.45. The maximum atomic E-state index is 13.1. The number of carbonyl (C=O) groups is 1. The van der Waals surface area contributed by atoms with Gasteiger partial charge in [-0.15, -0.1) is 0 Å². The lowest BCUT2D eigenvalue weighted by Gasteiger charge is -2.40. The van der Waals surface area contributed by atoms with Crippen LogP contribution in [0.2, 0.25) is 0 Å². The van der Waals surface area contributed by atoms with Gasteiger partial charge in [-0.05, 0) is 75.1 Å². The van der Waals surface area contributed by atoms with Gasteiger partial charge in [0.15, 0.2) is 5.82 Å². The number of benzene rings is 1. The first kappa shape index (κ1) is 20.7. The van der Waals surface area contributed by atoms with Crippen LogP contribution in [0.15, 0.2) is 22.7 Å². The lowest BCUT2D eigenvalue weighted by Crippen LogP contribution is -2.46. The quantitative estimate of drug-likeness (QED) is 0.705. The van der Waals surface area contributed by atoms with Crippen LogP contribution < -0.4 is 0 Å². The zero-order chi connectivity index (χ0) is 21.4. The first-order valence-electron chi connectivity index (χ1n) is 11.8. The summed E-state index contributed by atoms with van der Waals surface area (Å²) >= 11 is 0. The minimum absolute atomic E-state index is 0.0615. The van der Waals surface area contributed by atoms with Gasteiger partial charge in [-0.2, -0.15) is 4.98 Å². The van der Waals surface area contributed by atoms with Crippen molar-refractivity contribution >= 4 is 5.91 Å². The second-order valence-corrected chi connectivity index (χ2v) is 9.86. The first-order chi connectivity index (χ1) is 15.0. The number of aromatic nitrogens is 2. The number of amides is 1. The average molecular weight is 424 g/mol. The van der Waals surface area contributed by atoms with E-state index in [-0.39, 0.29) is 11.3 Å². The van der Waals surface area contributed by atoms with Crippen LogP contribution in [0.5, 0.6) is 0 Å². The lowest BCUT2D eigenvalue weighted by atomic mass is 9.73. The molecule has 3 fully saturated rings. The number of rotatable bonds is 5. The third kappa shape index (κ3) is 4.27. The summed E-state index contributed by atoms with van der Waals surface area (Å²) in [5, 5.41) is 4.49. The molecular formula is C25H33N3O3. The number of likely N-dealkylation sites (tertiary alicyclic amines) is 1. The molecule has 166 valence electrons. The van der Waals surface area contributed by atoms with Gasteiger partial charge in [0, 0.05) is 43.2 Å². The Morgan fingerprint density at radius 1 is 1.10 bits per heavy atom. The van der Waals surface area contributed by atoms with E-state index in [0.717, 1.165) is 81.6 Å². The van der Waals surface area contributed by atoms with Gasteiger partial charge in [-0.25, -0.2) is 0 Å². The molecule has 2 saturated heterocycles. The van der Waals surface area contributed by atoms with Crippen molar-refractivity contribution in [3.63, 3.8) is 0 Å². The molecule has 3 aliphatic rings. The van der Waals surface area contributed by atoms with Gasteiger partial charge in [0.2, 0.25) is 5.89 Å². The SMILES string of the molecule is Cc1ccc(C(=O)N2CCC(CC3CC3)(c3noc(C4CCOCC4)n3)CC2)cc1C. The maximum Gasteiger partial charge on any atom is 0.253 e. The number of hydrogen-bond acceptors (Lipinski definition) is 5. The zero-order valence-corrected chi connectivity index (χ0v) is 18.7. The molecule has 0 bridgehead atoms. The van der Waals surface area contributed by atoms with Crippen LogP contribution in [0.3, 0.4) is 0 Å². The van der Waals surface area contributed by atoms with E-state index in [2.05, 4.69) is 19.0 Å². The second-order valence-electron chi connectivity index (χ2n) is 9.86. The molecule has 3 heterocycles. The minimum Gasteiger partial charge on any atom is -0.381 e. The molecule has 6 heteroatoms. The number of ether oxygens (including phenoxy) is 1. The smallest absolute Gasteiger partial charge is 0.253 e. The van der Waals surface area contributed by atoms with Crippen LogP contribution in [0.25, 0.3) is 0 Å². The van der Waals surface area contributed by atoms with Crippen molar-refractivity contribution in [2.24, 2.45) is 5.92 Å². The Hall–Kier alpha value is -2.21. The number of carbonyl (C=O) groups excluding carboxylic acids is 1. The van der Waals surface area contributed by atoms with Crippen molar-refractivity contribution in [3.05, 3.63) is 46.6 Å². The molecule has 31 heavy (non-hydrogen) atoms. The van der Waals surface area contributed by atoms with E-state index >= 15 is 0 Å². The molecule has 1 amide bonds. The molecule has 1 saturated carbocycles. The third-order valence-corrected chi connectivity index (χ3v) is 7.62. The molecule has 2 aliphatic heterocycles. The van der Waals surface area contributed by atoms with Gasteiger partial charge in [0.05, 0.1) is 0 Å². The van der Waals surface area contributed by atoms with Crippen LogP contribution >= 0.6 is 0 Å². The van der Waals surface area contributed by atoms with Gasteiger partial charge in [-0.3, -0.25) is 4.79 Å². The largest absolute Gasteiger partial charge is 0.381 e. The highest BCUT2D eigenvalue weighted by Crippen LogP contribution is 2.47. The van der Waals surface area contributed by atoms with Crippen LogP contribution in [-0.2, 0) is 10.2 Å². The van der Waals surface area contributed by atoms with Gasteiger partial charge < -0.3 is 14.2 Å². The summed E-state index contributed by atoms with van der Waals surface area (Å²) in [6.45, 7) is 7.18. The summed E-state index contributed by atoms with van der Waals surface area (Å²) in [5.41, 5.74) is 3.11. The fourth-order valence-corrected chi connectivity index (χ4v) is 5.15. The lowest BCUT2D eigenvalue weighted by molar-refractivity contribution is 0.0645. The standard InChI is InChI=1S/C25H33N3O3/c1-17-3-6-21(15-18(17)2)23(29)28-11-9-25(10-12-28,16-19-4-5-19)24-26-22(31-27-24)20-7-13-30-14-8-20/h3,6,15,19-20H,4-5,7-14,16H2,1-2H3. The molecule has 1 aromatic heterocycles. The van der Waals surface area contributed by atoms with Gasteiger partial charge >= 0.3 is 0 Å². The minimum atomic E-state index is -0.0615. The van der Waals surface area contributed by atoms with Crippen molar-refractivity contribution in [1.29, 1.82) is 0 Å². The van der Waals surface area contributed by atoms with Crippen molar-refractivity contribution in [1.82, 2.24) is 15.0 Å². The number of aryl methyl sites for hydroxylation is 2. The zero-order valence-electron chi connectivity index (χ0n) is 18.7. The summed E-state index contributed by atoms with van der Waals surface area (Å²) < 4.78 is 11.2. The Labute approximate surface area is 184 Å². The monoisotopic (exact) mass is 423 g/mol. The fraction of sp³-hybridized carbons (Fsp3) is 0.640. The Morgan fingerprint density at radius 3 is 2.52 bits per heavy atom. The molecule has 0 N–H and O–H groups in total. The molecule has 1 aromatic carbocycles. The molecular weight excluding hydrogens is 390 g/mol. The van der Waals surface area contributed by atoms with E-state index in [0.29, 0.717) is 5.92 Å². The molecule has 0 spiro atoms. The van der Waals surface area contributed by atoms with Crippen molar-refractivity contribution < 1.29 is 14.1 Å². The summed E-state index contributed by atoms with van der Waals surface area (Å²) in [6.07, 6.45) is 7.45. The molecule has 2 aromatic rings. The Kier molecular flexibility index (Phi) is 5.59. The maximum absolute atomic E-state index is 13.1. The van der Waals surface area contributed by atoms with Gasteiger partial charge in [0.1, 0.15) is 0 Å². The van der Waals surface area contributed by atoms with Gasteiger partial charge in [-0.1, -0.05) is 24.1 Å². The molecule has 0 radical (unpaired) electrons. The van der Waals surface area contributed by atoms with Crippen LogP contribution in [0.4, 0.5) is 0 Å². The van der Waals surface area contributed by atoms with Gasteiger partial charge in [0.25, 0.3) is 5.91 Å². The molecule has 5 rings (SSSR count). The van der Waals surface area contributed by atoms with Crippen LogP contribution in [0.1, 0.15) is 84.1 Å². The molecule has 0 atom stereocenters. The van der Waals surface area contributed by atoms with E-state index in [1.54, 1.807) is 0 Å². The third-order valence-electron chi connectivity index (χ3n) is 7.62. The number of piperidine rings is 1. The van der Waals surface area contributed by atoms with E-state index in [1.807, 2.05) is 23.1 Å². The van der Waals surface area contributed by atoms with Crippen molar-refractivity contribution in [2.75, 3.05) is 26.3 Å². The summed E-state index contributed by atoms with van der Waals surface area (Å²) in [5.74, 6) is 2.88. The topological polar surface area (TPSA) is 68.5 Å². The van der Waals surface area contributed by atoms with E-state index in [9.17, 15) is 4.79 Å². The second kappa shape index (κ2) is 8.38. The Bertz CT molecular complexity index is 935. The van der Waals surface area contributed by atoms with E-state index in [1.165, 1.54) is 24.0 Å². The average Bonchev–Trinajstić information content (AvgIpc) is 3.46. The van der Waals surface area contributed by atoms with E-state index < -0.39 is 0 Å². The van der Waals surface area contributed by atoms with Crippen molar-refractivity contribution in [2.45, 2.75) is 70.1 Å². The molecule has 1 aliphatic carbocycles. The Morgan fingerprint density at radius 2 is 1.84 bits per heavy atom. The predicted octanol–water partition coefficient (Wildman–Crippen LogP) is 4.55. The highest BCUT2D eigenvalue weighted by atomic mass is 16.5. The summed E-state index contributed by atoms with van der Waals surface area (Å²) in [6, 6.07) is 6.01.